The molecule has 0 aliphatic rings. The Bertz CT molecular complexity index is 939. The summed E-state index contributed by atoms with van der Waals surface area (Å²) in [5.41, 5.74) is 5.43. The summed E-state index contributed by atoms with van der Waals surface area (Å²) in [6.45, 7) is 7.06. The molecule has 28 heavy (non-hydrogen) atoms. The molecule has 0 aliphatic carbocycles. The van der Waals surface area contributed by atoms with E-state index >= 15 is 0 Å². The van der Waals surface area contributed by atoms with Gasteiger partial charge in [-0.15, -0.1) is 0 Å². The fourth-order valence-corrected chi connectivity index (χ4v) is 3.25. The number of rotatable bonds is 7. The van der Waals surface area contributed by atoms with Crippen molar-refractivity contribution in [1.29, 1.82) is 0 Å². The van der Waals surface area contributed by atoms with Gasteiger partial charge in [0.1, 0.15) is 11.6 Å². The Morgan fingerprint density at radius 1 is 1.04 bits per heavy atom. The summed E-state index contributed by atoms with van der Waals surface area (Å²) in [5, 5.41) is 13.9. The summed E-state index contributed by atoms with van der Waals surface area (Å²) in [6, 6.07) is 8.21. The van der Waals surface area contributed by atoms with Gasteiger partial charge in [-0.25, -0.2) is 9.97 Å². The van der Waals surface area contributed by atoms with Crippen LogP contribution in [0, 0.1) is 20.8 Å². The van der Waals surface area contributed by atoms with Crippen LogP contribution in [0.25, 0.3) is 11.4 Å². The highest BCUT2D eigenvalue weighted by Gasteiger charge is 2.18. The van der Waals surface area contributed by atoms with Crippen LogP contribution < -0.4 is 10.6 Å². The van der Waals surface area contributed by atoms with Gasteiger partial charge in [-0.2, -0.15) is 5.10 Å². The van der Waals surface area contributed by atoms with Gasteiger partial charge in [-0.3, -0.25) is 5.10 Å². The highest BCUT2D eigenvalue weighted by Crippen LogP contribution is 2.31. The number of aryl methyl sites for hydroxylation is 3. The minimum Gasteiger partial charge on any atom is -0.373 e. The lowest BCUT2D eigenvalue weighted by Crippen LogP contribution is -2.18. The standard InChI is InChI=1S/C21H29N7/c1-13-8-7-9-14(2)18(13)21-24-19(22-4)16(10-11-28(5)6)20(25-21)23-17-12-15(3)26-27-17/h7-9,12H,10-11H2,1-6H3,(H3,22,23,24,25,26,27). The predicted octanol–water partition coefficient (Wildman–Crippen LogP) is 3.68. The Morgan fingerprint density at radius 3 is 2.29 bits per heavy atom. The molecule has 0 amide bonds. The van der Waals surface area contributed by atoms with Gasteiger partial charge in [0, 0.05) is 36.5 Å². The summed E-state index contributed by atoms with van der Waals surface area (Å²) in [4.78, 5) is 11.9. The van der Waals surface area contributed by atoms with Crippen molar-refractivity contribution in [2.24, 2.45) is 0 Å². The molecule has 3 aromatic rings. The maximum Gasteiger partial charge on any atom is 0.164 e. The number of nitrogens with one attached hydrogen (secondary N) is 3. The van der Waals surface area contributed by atoms with Gasteiger partial charge in [0.2, 0.25) is 0 Å². The second-order valence-electron chi connectivity index (χ2n) is 7.35. The molecule has 3 N–H and O–H groups in total. The quantitative estimate of drug-likeness (QED) is 0.581. The molecule has 3 rings (SSSR count). The van der Waals surface area contributed by atoms with Crippen LogP contribution in [-0.4, -0.2) is 52.8 Å². The summed E-state index contributed by atoms with van der Waals surface area (Å²) < 4.78 is 0. The molecule has 7 nitrogen and oxygen atoms in total. The summed E-state index contributed by atoms with van der Waals surface area (Å²) >= 11 is 0. The molecule has 148 valence electrons. The fourth-order valence-electron chi connectivity index (χ4n) is 3.25. The van der Waals surface area contributed by atoms with Gasteiger partial charge in [0.25, 0.3) is 0 Å². The average molecular weight is 380 g/mol. The lowest BCUT2D eigenvalue weighted by Gasteiger charge is -2.18. The summed E-state index contributed by atoms with van der Waals surface area (Å²) in [5.74, 6) is 3.08. The lowest BCUT2D eigenvalue weighted by atomic mass is 10.0. The first-order valence-electron chi connectivity index (χ1n) is 9.48. The van der Waals surface area contributed by atoms with E-state index in [2.05, 4.69) is 71.9 Å². The summed E-state index contributed by atoms with van der Waals surface area (Å²) in [7, 11) is 6.03. The first kappa shape index (κ1) is 19.8. The molecule has 2 aromatic heterocycles. The van der Waals surface area contributed by atoms with Crippen molar-refractivity contribution in [2.75, 3.05) is 38.3 Å². The van der Waals surface area contributed by atoms with E-state index in [1.807, 2.05) is 20.0 Å². The minimum absolute atomic E-state index is 0.711. The van der Waals surface area contributed by atoms with E-state index in [0.29, 0.717) is 5.82 Å². The van der Waals surface area contributed by atoms with Gasteiger partial charge >= 0.3 is 0 Å². The van der Waals surface area contributed by atoms with Crippen LogP contribution in [0.5, 0.6) is 0 Å². The van der Waals surface area contributed by atoms with Crippen molar-refractivity contribution in [3.05, 3.63) is 46.6 Å². The molecule has 0 saturated heterocycles. The summed E-state index contributed by atoms with van der Waals surface area (Å²) in [6.07, 6.45) is 0.821. The van der Waals surface area contributed by atoms with Gasteiger partial charge < -0.3 is 15.5 Å². The smallest absolute Gasteiger partial charge is 0.164 e. The van der Waals surface area contributed by atoms with Gasteiger partial charge in [0.15, 0.2) is 11.6 Å². The minimum atomic E-state index is 0.711. The third kappa shape index (κ3) is 4.31. The molecule has 1 aromatic carbocycles. The molecular weight excluding hydrogens is 350 g/mol. The van der Waals surface area contributed by atoms with Crippen molar-refractivity contribution in [2.45, 2.75) is 27.2 Å². The average Bonchev–Trinajstić information content (AvgIpc) is 3.04. The van der Waals surface area contributed by atoms with Gasteiger partial charge in [-0.05, 0) is 52.4 Å². The number of aromatic amines is 1. The van der Waals surface area contributed by atoms with Crippen LogP contribution >= 0.6 is 0 Å². The highest BCUT2D eigenvalue weighted by atomic mass is 15.2. The van der Waals surface area contributed by atoms with Gasteiger partial charge in [-0.1, -0.05) is 18.2 Å². The van der Waals surface area contributed by atoms with Crippen LogP contribution in [0.1, 0.15) is 22.4 Å². The number of benzene rings is 1. The highest BCUT2D eigenvalue weighted by molar-refractivity contribution is 5.72. The Balaban J connectivity index is 2.13. The first-order valence-corrected chi connectivity index (χ1v) is 9.48. The van der Waals surface area contributed by atoms with Crippen LogP contribution in [0.15, 0.2) is 24.3 Å². The molecule has 0 spiro atoms. The first-order chi connectivity index (χ1) is 13.4. The molecule has 0 radical (unpaired) electrons. The fraction of sp³-hybridized carbons (Fsp3) is 0.381. The molecular formula is C21H29N7. The number of anilines is 3. The van der Waals surface area contributed by atoms with E-state index < -0.39 is 0 Å². The largest absolute Gasteiger partial charge is 0.373 e. The van der Waals surface area contributed by atoms with Crippen LogP contribution in [0.3, 0.4) is 0 Å². The maximum absolute atomic E-state index is 4.92. The molecule has 0 unspecified atom stereocenters. The van der Waals surface area contributed by atoms with Gasteiger partial charge in [0.05, 0.1) is 0 Å². The monoisotopic (exact) mass is 379 g/mol. The number of hydrogen-bond donors (Lipinski definition) is 3. The zero-order valence-corrected chi connectivity index (χ0v) is 17.5. The Morgan fingerprint density at radius 2 is 1.71 bits per heavy atom. The zero-order chi connectivity index (χ0) is 20.3. The van der Waals surface area contributed by atoms with Crippen LogP contribution in [0.4, 0.5) is 17.5 Å². The van der Waals surface area contributed by atoms with Crippen LogP contribution in [0.2, 0.25) is 0 Å². The SMILES string of the molecule is CNc1nc(-c2c(C)cccc2C)nc(Nc2cc(C)[nH]n2)c1CCN(C)C. The third-order valence-electron chi connectivity index (χ3n) is 4.71. The number of likely N-dealkylation sites (N-methyl/N-ethyl adjacent to an activating group) is 1. The van der Waals surface area contributed by atoms with Crippen molar-refractivity contribution in [1.82, 2.24) is 25.1 Å². The number of aromatic nitrogens is 4. The molecule has 0 bridgehead atoms. The molecule has 0 atom stereocenters. The number of H-pyrrole nitrogens is 1. The number of hydrogen-bond acceptors (Lipinski definition) is 6. The van der Waals surface area contributed by atoms with E-state index in [9.17, 15) is 0 Å². The molecule has 0 fully saturated rings. The Kier molecular flexibility index (Phi) is 5.94. The topological polar surface area (TPSA) is 81.8 Å². The van der Waals surface area contributed by atoms with Crippen molar-refractivity contribution >= 4 is 17.5 Å². The van der Waals surface area contributed by atoms with Crippen molar-refractivity contribution < 1.29 is 0 Å². The second kappa shape index (κ2) is 8.39. The molecule has 0 saturated carbocycles. The van der Waals surface area contributed by atoms with E-state index in [0.717, 1.165) is 58.4 Å². The van der Waals surface area contributed by atoms with E-state index in [1.54, 1.807) is 0 Å². The molecule has 2 heterocycles. The van der Waals surface area contributed by atoms with Crippen molar-refractivity contribution in [3.8, 4) is 11.4 Å². The third-order valence-corrected chi connectivity index (χ3v) is 4.71. The normalized spacial score (nSPS) is 11.1. The van der Waals surface area contributed by atoms with E-state index in [4.69, 9.17) is 9.97 Å². The predicted molar refractivity (Wildman–Crippen MR) is 115 cm³/mol. The van der Waals surface area contributed by atoms with Crippen molar-refractivity contribution in [3.63, 3.8) is 0 Å². The van der Waals surface area contributed by atoms with E-state index in [-0.39, 0.29) is 0 Å². The second-order valence-corrected chi connectivity index (χ2v) is 7.35. The lowest BCUT2D eigenvalue weighted by molar-refractivity contribution is 0.414. The molecule has 7 heteroatoms. The van der Waals surface area contributed by atoms with Crippen LogP contribution in [-0.2, 0) is 6.42 Å². The Hall–Kier alpha value is -2.93. The number of nitrogens with zero attached hydrogens (tertiary/aromatic N) is 4. The van der Waals surface area contributed by atoms with E-state index in [1.165, 1.54) is 0 Å². The maximum atomic E-state index is 4.92. The Labute approximate surface area is 166 Å². The molecule has 0 aliphatic heterocycles. The zero-order valence-electron chi connectivity index (χ0n) is 17.5.